The van der Waals surface area contributed by atoms with Crippen LogP contribution in [0.15, 0.2) is 40.6 Å². The van der Waals surface area contributed by atoms with E-state index in [0.29, 0.717) is 39.4 Å². The Kier molecular flexibility index (Phi) is 7.85. The Morgan fingerprint density at radius 1 is 1.09 bits per heavy atom. The SMILES string of the molecule is O=C(NCC(c1ccc(F)cc1)N1CCOCC1)c1sccc1S(=O)(=O)N1CCSCC1. The molecule has 2 aliphatic heterocycles. The molecular weight excluding hydrogens is 473 g/mol. The molecule has 1 N–H and O–H groups in total. The molecule has 1 atom stereocenters. The van der Waals surface area contributed by atoms with Crippen molar-refractivity contribution in [2.24, 2.45) is 0 Å². The zero-order valence-electron chi connectivity index (χ0n) is 17.5. The molecule has 174 valence electrons. The summed E-state index contributed by atoms with van der Waals surface area (Å²) < 4.78 is 46.5. The third kappa shape index (κ3) is 5.35. The van der Waals surface area contributed by atoms with Gasteiger partial charge in [0.25, 0.3) is 5.91 Å². The molecule has 2 aromatic rings. The highest BCUT2D eigenvalue weighted by molar-refractivity contribution is 7.99. The molecule has 3 heterocycles. The number of hydrogen-bond acceptors (Lipinski definition) is 7. The highest BCUT2D eigenvalue weighted by Gasteiger charge is 2.31. The molecule has 1 aromatic heterocycles. The third-order valence-corrected chi connectivity index (χ3v) is 9.55. The molecule has 1 aromatic carbocycles. The number of hydrogen-bond donors (Lipinski definition) is 1. The van der Waals surface area contributed by atoms with Gasteiger partial charge in [0.2, 0.25) is 10.0 Å². The first-order valence-corrected chi connectivity index (χ1v) is 13.9. The zero-order chi connectivity index (χ0) is 22.6. The Hall–Kier alpha value is -1.50. The quantitative estimate of drug-likeness (QED) is 0.631. The summed E-state index contributed by atoms with van der Waals surface area (Å²) >= 11 is 2.85. The summed E-state index contributed by atoms with van der Waals surface area (Å²) in [5, 5.41) is 4.56. The van der Waals surface area contributed by atoms with Crippen molar-refractivity contribution in [2.75, 3.05) is 57.4 Å². The molecule has 11 heteroatoms. The minimum atomic E-state index is -3.71. The van der Waals surface area contributed by atoms with Gasteiger partial charge in [0.1, 0.15) is 15.6 Å². The van der Waals surface area contributed by atoms with E-state index >= 15 is 0 Å². The minimum Gasteiger partial charge on any atom is -0.379 e. The predicted molar refractivity (Wildman–Crippen MR) is 124 cm³/mol. The van der Waals surface area contributed by atoms with Crippen LogP contribution in [0.3, 0.4) is 0 Å². The zero-order valence-corrected chi connectivity index (χ0v) is 20.0. The normalized spacial score (nSPS) is 19.5. The Balaban J connectivity index is 1.50. The van der Waals surface area contributed by atoms with Crippen molar-refractivity contribution in [3.05, 3.63) is 52.0 Å². The smallest absolute Gasteiger partial charge is 0.262 e. The Bertz CT molecular complexity index is 1020. The van der Waals surface area contributed by atoms with Crippen LogP contribution in [0.25, 0.3) is 0 Å². The number of nitrogens with one attached hydrogen (secondary N) is 1. The van der Waals surface area contributed by atoms with E-state index in [1.165, 1.54) is 22.5 Å². The summed E-state index contributed by atoms with van der Waals surface area (Å²) in [5.41, 5.74) is 0.887. The number of carbonyl (C=O) groups excluding carboxylic acids is 1. The van der Waals surface area contributed by atoms with Crippen LogP contribution in [0, 0.1) is 5.82 Å². The fourth-order valence-electron chi connectivity index (χ4n) is 3.89. The number of benzene rings is 1. The summed E-state index contributed by atoms with van der Waals surface area (Å²) in [6.45, 7) is 3.76. The van der Waals surface area contributed by atoms with Gasteiger partial charge >= 0.3 is 0 Å². The fourth-order valence-corrected chi connectivity index (χ4v) is 7.79. The number of sulfonamides is 1. The minimum absolute atomic E-state index is 0.0663. The highest BCUT2D eigenvalue weighted by atomic mass is 32.2. The standard InChI is InChI=1S/C21H26FN3O4S3/c22-17-3-1-16(2-4-17)18(24-6-10-29-11-7-24)15-23-21(26)20-19(5-12-31-20)32(27,28)25-8-13-30-14-9-25/h1-5,12,18H,6-11,13-15H2,(H,23,26). The lowest BCUT2D eigenvalue weighted by Crippen LogP contribution is -2.44. The molecule has 1 amide bonds. The lowest BCUT2D eigenvalue weighted by atomic mass is 10.0. The average Bonchev–Trinajstić information content (AvgIpc) is 3.33. The predicted octanol–water partition coefficient (Wildman–Crippen LogP) is 2.43. The Morgan fingerprint density at radius 2 is 1.78 bits per heavy atom. The topological polar surface area (TPSA) is 79.0 Å². The van der Waals surface area contributed by atoms with Crippen LogP contribution in [-0.2, 0) is 14.8 Å². The van der Waals surface area contributed by atoms with Crippen molar-refractivity contribution < 1.29 is 22.3 Å². The molecule has 4 rings (SSSR count). The maximum atomic E-state index is 13.4. The molecule has 2 aliphatic rings. The van der Waals surface area contributed by atoms with E-state index < -0.39 is 15.9 Å². The van der Waals surface area contributed by atoms with E-state index in [9.17, 15) is 17.6 Å². The van der Waals surface area contributed by atoms with Gasteiger partial charge in [-0.25, -0.2) is 12.8 Å². The highest BCUT2D eigenvalue weighted by Crippen LogP contribution is 2.28. The monoisotopic (exact) mass is 499 g/mol. The number of thiophene rings is 1. The average molecular weight is 500 g/mol. The van der Waals surface area contributed by atoms with Gasteiger partial charge < -0.3 is 10.1 Å². The molecule has 2 saturated heterocycles. The molecule has 32 heavy (non-hydrogen) atoms. The molecular formula is C21H26FN3O4S3. The van der Waals surface area contributed by atoms with E-state index in [1.807, 2.05) is 0 Å². The number of thioether (sulfide) groups is 1. The van der Waals surface area contributed by atoms with Crippen LogP contribution in [0.4, 0.5) is 4.39 Å². The van der Waals surface area contributed by atoms with Crippen molar-refractivity contribution in [2.45, 2.75) is 10.9 Å². The van der Waals surface area contributed by atoms with E-state index in [0.717, 1.165) is 28.4 Å². The van der Waals surface area contributed by atoms with Gasteiger partial charge in [0.05, 0.1) is 19.3 Å². The maximum Gasteiger partial charge on any atom is 0.262 e. The molecule has 7 nitrogen and oxygen atoms in total. The number of nitrogens with zero attached hydrogens (tertiary/aromatic N) is 2. The first-order chi connectivity index (χ1) is 15.5. The molecule has 0 saturated carbocycles. The maximum absolute atomic E-state index is 13.4. The molecule has 2 fully saturated rings. The first-order valence-electron chi connectivity index (χ1n) is 10.5. The summed E-state index contributed by atoms with van der Waals surface area (Å²) in [7, 11) is -3.71. The second-order valence-electron chi connectivity index (χ2n) is 7.56. The van der Waals surface area contributed by atoms with E-state index in [1.54, 1.807) is 29.3 Å². The number of halogens is 1. The van der Waals surface area contributed by atoms with Crippen molar-refractivity contribution in [3.63, 3.8) is 0 Å². The molecule has 1 unspecified atom stereocenters. The van der Waals surface area contributed by atoms with Crippen molar-refractivity contribution in [1.29, 1.82) is 0 Å². The lowest BCUT2D eigenvalue weighted by molar-refractivity contribution is 0.0162. The molecule has 0 bridgehead atoms. The van der Waals surface area contributed by atoms with Crippen LogP contribution in [-0.4, -0.2) is 81.0 Å². The van der Waals surface area contributed by atoms with Gasteiger partial charge in [-0.1, -0.05) is 12.1 Å². The summed E-state index contributed by atoms with van der Waals surface area (Å²) in [6.07, 6.45) is 0. The van der Waals surface area contributed by atoms with Gasteiger partial charge in [-0.05, 0) is 29.1 Å². The third-order valence-electron chi connectivity index (χ3n) is 5.62. The Morgan fingerprint density at radius 3 is 2.47 bits per heavy atom. The number of amides is 1. The van der Waals surface area contributed by atoms with Gasteiger partial charge in [0, 0.05) is 44.2 Å². The van der Waals surface area contributed by atoms with Crippen LogP contribution < -0.4 is 5.32 Å². The van der Waals surface area contributed by atoms with Crippen LogP contribution in [0.5, 0.6) is 0 Å². The van der Waals surface area contributed by atoms with Crippen LogP contribution in [0.2, 0.25) is 0 Å². The number of carbonyl (C=O) groups is 1. The lowest BCUT2D eigenvalue weighted by Gasteiger charge is -2.35. The van der Waals surface area contributed by atoms with Crippen LogP contribution in [0.1, 0.15) is 21.3 Å². The van der Waals surface area contributed by atoms with E-state index in [4.69, 9.17) is 4.74 Å². The summed E-state index contributed by atoms with van der Waals surface area (Å²) in [5.74, 6) is 0.779. The van der Waals surface area contributed by atoms with Gasteiger partial charge in [-0.2, -0.15) is 16.1 Å². The van der Waals surface area contributed by atoms with Gasteiger partial charge in [-0.3, -0.25) is 9.69 Å². The van der Waals surface area contributed by atoms with Crippen LogP contribution >= 0.6 is 23.1 Å². The number of rotatable bonds is 7. The summed E-state index contributed by atoms with van der Waals surface area (Å²) in [6, 6.07) is 7.60. The molecule has 0 aliphatic carbocycles. The van der Waals surface area contributed by atoms with Gasteiger partial charge in [-0.15, -0.1) is 11.3 Å². The van der Waals surface area contributed by atoms with Gasteiger partial charge in [0.15, 0.2) is 0 Å². The van der Waals surface area contributed by atoms with E-state index in [-0.39, 0.29) is 28.2 Å². The number of ether oxygens (including phenoxy) is 1. The molecule has 0 radical (unpaired) electrons. The second-order valence-corrected chi connectivity index (χ2v) is 11.6. The molecule has 0 spiro atoms. The largest absolute Gasteiger partial charge is 0.379 e. The van der Waals surface area contributed by atoms with E-state index in [2.05, 4.69) is 10.2 Å². The van der Waals surface area contributed by atoms with Crippen molar-refractivity contribution >= 4 is 39.0 Å². The first kappa shape index (κ1) is 23.7. The second kappa shape index (κ2) is 10.6. The Labute approximate surface area is 196 Å². The summed E-state index contributed by atoms with van der Waals surface area (Å²) in [4.78, 5) is 15.5. The van der Waals surface area contributed by atoms with Crippen molar-refractivity contribution in [1.82, 2.24) is 14.5 Å². The fraction of sp³-hybridized carbons (Fsp3) is 0.476. The number of morpholine rings is 1. The van der Waals surface area contributed by atoms with Crippen molar-refractivity contribution in [3.8, 4) is 0 Å².